The van der Waals surface area contributed by atoms with Crippen molar-refractivity contribution >= 4 is 21.9 Å². The van der Waals surface area contributed by atoms with E-state index in [2.05, 4.69) is 55.4 Å². The number of halogens is 1. The monoisotopic (exact) mass is 337 g/mol. The number of aromatic nitrogens is 4. The molecule has 0 unspecified atom stereocenters. The van der Waals surface area contributed by atoms with E-state index >= 15 is 0 Å². The van der Waals surface area contributed by atoms with Crippen LogP contribution in [0.4, 0.5) is 5.95 Å². The number of ether oxygens (including phenoxy) is 1. The molecular formula is C13H16BrN5O. The summed E-state index contributed by atoms with van der Waals surface area (Å²) in [6.07, 6.45) is 0. The Morgan fingerprint density at radius 1 is 1.35 bits per heavy atom. The molecule has 2 heterocycles. The Kier molecular flexibility index (Phi) is 3.98. The molecule has 1 saturated heterocycles. The predicted molar refractivity (Wildman–Crippen MR) is 78.7 cm³/mol. The third-order valence-electron chi connectivity index (χ3n) is 3.38. The van der Waals surface area contributed by atoms with Crippen molar-refractivity contribution in [2.45, 2.75) is 19.5 Å². The van der Waals surface area contributed by atoms with Crippen molar-refractivity contribution in [1.29, 1.82) is 0 Å². The van der Waals surface area contributed by atoms with E-state index in [0.717, 1.165) is 23.6 Å². The average molecular weight is 338 g/mol. The summed E-state index contributed by atoms with van der Waals surface area (Å²) in [6, 6.07) is 8.47. The van der Waals surface area contributed by atoms with E-state index in [1.165, 1.54) is 5.56 Å². The van der Waals surface area contributed by atoms with E-state index < -0.39 is 0 Å². The van der Waals surface area contributed by atoms with Gasteiger partial charge in [-0.05, 0) is 35.0 Å². The van der Waals surface area contributed by atoms with Crippen LogP contribution in [-0.2, 0) is 11.3 Å². The van der Waals surface area contributed by atoms with Gasteiger partial charge in [0, 0.05) is 11.0 Å². The van der Waals surface area contributed by atoms with Crippen LogP contribution in [0.2, 0.25) is 0 Å². The Bertz CT molecular complexity index is 570. The van der Waals surface area contributed by atoms with E-state index in [0.29, 0.717) is 19.2 Å². The number of morpholine rings is 1. The fourth-order valence-corrected chi connectivity index (χ4v) is 2.56. The number of anilines is 1. The molecule has 20 heavy (non-hydrogen) atoms. The van der Waals surface area contributed by atoms with E-state index in [4.69, 9.17) is 4.74 Å². The Hall–Kier alpha value is -1.47. The molecule has 0 radical (unpaired) electrons. The first-order valence-electron chi connectivity index (χ1n) is 6.59. The van der Waals surface area contributed by atoms with Gasteiger partial charge in [0.05, 0.1) is 25.8 Å². The maximum Gasteiger partial charge on any atom is 0.246 e. The molecule has 0 N–H and O–H groups in total. The van der Waals surface area contributed by atoms with Gasteiger partial charge in [0.1, 0.15) is 0 Å². The smallest absolute Gasteiger partial charge is 0.246 e. The van der Waals surface area contributed by atoms with E-state index in [1.54, 1.807) is 0 Å². The summed E-state index contributed by atoms with van der Waals surface area (Å²) in [7, 11) is 0. The van der Waals surface area contributed by atoms with Gasteiger partial charge in [0.15, 0.2) is 0 Å². The molecule has 6 nitrogen and oxygen atoms in total. The lowest BCUT2D eigenvalue weighted by Crippen LogP contribution is -2.45. The first-order chi connectivity index (χ1) is 9.74. The molecule has 106 valence electrons. The lowest BCUT2D eigenvalue weighted by Gasteiger charge is -2.33. The lowest BCUT2D eigenvalue weighted by atomic mass is 10.2. The molecule has 1 fully saturated rings. The topological polar surface area (TPSA) is 56.1 Å². The maximum atomic E-state index is 5.46. The van der Waals surface area contributed by atoms with Crippen molar-refractivity contribution in [3.63, 3.8) is 0 Å². The van der Waals surface area contributed by atoms with Crippen molar-refractivity contribution in [2.75, 3.05) is 24.7 Å². The van der Waals surface area contributed by atoms with Gasteiger partial charge in [-0.3, -0.25) is 0 Å². The minimum absolute atomic E-state index is 0.290. The fourth-order valence-electron chi connectivity index (χ4n) is 2.29. The molecule has 7 heteroatoms. The highest BCUT2D eigenvalue weighted by atomic mass is 79.9. The van der Waals surface area contributed by atoms with Crippen molar-refractivity contribution in [3.05, 3.63) is 34.3 Å². The third kappa shape index (κ3) is 2.83. The molecule has 1 aromatic carbocycles. The fraction of sp³-hybridized carbons (Fsp3) is 0.462. The average Bonchev–Trinajstić information content (AvgIpc) is 2.90. The number of rotatable bonds is 3. The van der Waals surface area contributed by atoms with Gasteiger partial charge in [-0.2, -0.15) is 0 Å². The maximum absolute atomic E-state index is 5.46. The van der Waals surface area contributed by atoms with Crippen LogP contribution in [0, 0.1) is 0 Å². The first-order valence-corrected chi connectivity index (χ1v) is 7.38. The highest BCUT2D eigenvalue weighted by molar-refractivity contribution is 9.10. The SMILES string of the molecule is C[C@H]1COCCN1c1nnnn1Cc1ccc(Br)cc1. The van der Waals surface area contributed by atoms with Gasteiger partial charge in [-0.15, -0.1) is 0 Å². The van der Waals surface area contributed by atoms with Gasteiger partial charge in [0.2, 0.25) is 5.95 Å². The van der Waals surface area contributed by atoms with E-state index in [9.17, 15) is 0 Å². The highest BCUT2D eigenvalue weighted by Crippen LogP contribution is 2.18. The van der Waals surface area contributed by atoms with Crippen LogP contribution in [0.15, 0.2) is 28.7 Å². The molecule has 1 aliphatic heterocycles. The lowest BCUT2D eigenvalue weighted by molar-refractivity contribution is 0.0976. The van der Waals surface area contributed by atoms with Crippen molar-refractivity contribution < 1.29 is 4.74 Å². The molecule has 0 aliphatic carbocycles. The van der Waals surface area contributed by atoms with Gasteiger partial charge < -0.3 is 9.64 Å². The number of hydrogen-bond acceptors (Lipinski definition) is 5. The summed E-state index contributed by atoms with van der Waals surface area (Å²) < 4.78 is 8.36. The quantitative estimate of drug-likeness (QED) is 0.853. The van der Waals surface area contributed by atoms with Crippen LogP contribution >= 0.6 is 15.9 Å². The van der Waals surface area contributed by atoms with Crippen LogP contribution < -0.4 is 4.90 Å². The second-order valence-electron chi connectivity index (χ2n) is 4.88. The van der Waals surface area contributed by atoms with Crippen LogP contribution in [0.3, 0.4) is 0 Å². The summed E-state index contributed by atoms with van der Waals surface area (Å²) in [5.74, 6) is 0.809. The summed E-state index contributed by atoms with van der Waals surface area (Å²) in [6.45, 7) is 5.04. The van der Waals surface area contributed by atoms with E-state index in [1.807, 2.05) is 16.8 Å². The Balaban J connectivity index is 1.81. The normalized spacial score (nSPS) is 19.3. The number of benzene rings is 1. The number of tetrazole rings is 1. The van der Waals surface area contributed by atoms with Gasteiger partial charge in [-0.1, -0.05) is 33.2 Å². The Labute approximate surface area is 125 Å². The highest BCUT2D eigenvalue weighted by Gasteiger charge is 2.24. The molecular weight excluding hydrogens is 322 g/mol. The minimum atomic E-state index is 0.290. The molecule has 3 rings (SSSR count). The number of hydrogen-bond donors (Lipinski definition) is 0. The standard InChI is InChI=1S/C13H16BrN5O/c1-10-9-20-7-6-18(10)13-15-16-17-19(13)8-11-2-4-12(14)5-3-11/h2-5,10H,6-9H2,1H3/t10-/m0/s1. The number of nitrogens with zero attached hydrogens (tertiary/aromatic N) is 5. The molecule has 0 spiro atoms. The summed E-state index contributed by atoms with van der Waals surface area (Å²) in [4.78, 5) is 2.20. The second-order valence-corrected chi connectivity index (χ2v) is 5.80. The zero-order valence-corrected chi connectivity index (χ0v) is 12.8. The van der Waals surface area contributed by atoms with Crippen molar-refractivity contribution in [1.82, 2.24) is 20.2 Å². The predicted octanol–water partition coefficient (Wildman–Crippen LogP) is 1.71. The minimum Gasteiger partial charge on any atom is -0.377 e. The molecule has 1 aliphatic rings. The van der Waals surface area contributed by atoms with Crippen LogP contribution in [0.1, 0.15) is 12.5 Å². The molecule has 0 amide bonds. The van der Waals surface area contributed by atoms with Crippen molar-refractivity contribution in [2.24, 2.45) is 0 Å². The first kappa shape index (κ1) is 13.5. The van der Waals surface area contributed by atoms with E-state index in [-0.39, 0.29) is 0 Å². The Morgan fingerprint density at radius 3 is 2.90 bits per heavy atom. The Morgan fingerprint density at radius 2 is 2.15 bits per heavy atom. The molecule has 1 atom stereocenters. The molecule has 2 aromatic rings. The molecule has 0 saturated carbocycles. The largest absolute Gasteiger partial charge is 0.377 e. The second kappa shape index (κ2) is 5.88. The van der Waals surface area contributed by atoms with Crippen molar-refractivity contribution in [3.8, 4) is 0 Å². The third-order valence-corrected chi connectivity index (χ3v) is 3.91. The zero-order chi connectivity index (χ0) is 13.9. The van der Waals surface area contributed by atoms with Gasteiger partial charge in [0.25, 0.3) is 0 Å². The van der Waals surface area contributed by atoms with Gasteiger partial charge in [-0.25, -0.2) is 4.68 Å². The van der Waals surface area contributed by atoms with Crippen LogP contribution in [0.5, 0.6) is 0 Å². The van der Waals surface area contributed by atoms with Crippen LogP contribution in [-0.4, -0.2) is 46.0 Å². The summed E-state index contributed by atoms with van der Waals surface area (Å²) in [5, 5.41) is 12.1. The summed E-state index contributed by atoms with van der Waals surface area (Å²) >= 11 is 3.44. The molecule has 0 bridgehead atoms. The van der Waals surface area contributed by atoms with Crippen LogP contribution in [0.25, 0.3) is 0 Å². The molecule has 1 aromatic heterocycles. The van der Waals surface area contributed by atoms with Gasteiger partial charge >= 0.3 is 0 Å². The zero-order valence-electron chi connectivity index (χ0n) is 11.2. The summed E-state index contributed by atoms with van der Waals surface area (Å²) in [5.41, 5.74) is 1.17.